The number of nitrogens with zero attached hydrogens (tertiary/aromatic N) is 1. The number of carbonyl (C=O) groups excluding carboxylic acids is 2. The number of fused-ring (bicyclic) bond motifs is 1. The number of hydrogen-bond acceptors (Lipinski definition) is 6. The van der Waals surface area contributed by atoms with Crippen LogP contribution in [0.4, 0.5) is 5.69 Å². The number of nitro benzene ring substituents is 1. The van der Waals surface area contributed by atoms with E-state index in [1.165, 1.54) is 37.1 Å². The molecule has 8 heteroatoms. The van der Waals surface area contributed by atoms with Crippen molar-refractivity contribution in [3.8, 4) is 0 Å². The van der Waals surface area contributed by atoms with Crippen LogP contribution in [-0.2, 0) is 15.1 Å². The summed E-state index contributed by atoms with van der Waals surface area (Å²) < 4.78 is 5.03. The minimum atomic E-state index is -1.67. The molecule has 1 amide bonds. The van der Waals surface area contributed by atoms with Crippen LogP contribution in [0.25, 0.3) is 0 Å². The van der Waals surface area contributed by atoms with Gasteiger partial charge in [-0.05, 0) is 35.9 Å². The zero-order valence-electron chi connectivity index (χ0n) is 15.8. The lowest BCUT2D eigenvalue weighted by Crippen LogP contribution is -2.48. The van der Waals surface area contributed by atoms with Crippen LogP contribution in [0.5, 0.6) is 0 Å². The van der Waals surface area contributed by atoms with Crippen LogP contribution in [0.2, 0.25) is 0 Å². The number of rotatable bonds is 5. The molecule has 0 fully saturated rings. The van der Waals surface area contributed by atoms with Crippen molar-refractivity contribution in [3.63, 3.8) is 0 Å². The number of nitro groups is 1. The summed E-state index contributed by atoms with van der Waals surface area (Å²) in [7, 11) is 1.22. The van der Waals surface area contributed by atoms with Gasteiger partial charge in [0.1, 0.15) is 0 Å². The SMILES string of the molecule is COC(=O)C1(c2cccc(Sc3ccccc3)c2)NC(=O)c2ccc([N+](=O)[O-])cc21. The van der Waals surface area contributed by atoms with Gasteiger partial charge in [-0.25, -0.2) is 4.79 Å². The number of hydrogen-bond donors (Lipinski definition) is 1. The van der Waals surface area contributed by atoms with Crippen molar-refractivity contribution < 1.29 is 19.2 Å². The lowest BCUT2D eigenvalue weighted by molar-refractivity contribution is -0.384. The third kappa shape index (κ3) is 3.21. The molecule has 0 spiro atoms. The van der Waals surface area contributed by atoms with E-state index in [4.69, 9.17) is 4.74 Å². The van der Waals surface area contributed by atoms with Gasteiger partial charge >= 0.3 is 5.97 Å². The van der Waals surface area contributed by atoms with E-state index in [-0.39, 0.29) is 16.8 Å². The summed E-state index contributed by atoms with van der Waals surface area (Å²) in [5.41, 5.74) is -1.01. The number of benzene rings is 3. The van der Waals surface area contributed by atoms with Crippen LogP contribution in [0.1, 0.15) is 21.5 Å². The molecule has 0 aliphatic carbocycles. The van der Waals surface area contributed by atoms with Crippen molar-refractivity contribution >= 4 is 29.3 Å². The quantitative estimate of drug-likeness (QED) is 0.382. The fourth-order valence-corrected chi connectivity index (χ4v) is 4.43. The molecule has 0 saturated carbocycles. The summed E-state index contributed by atoms with van der Waals surface area (Å²) in [5.74, 6) is -1.22. The van der Waals surface area contributed by atoms with Gasteiger partial charge in [0, 0.05) is 33.1 Å². The minimum absolute atomic E-state index is 0.201. The Kier molecular flexibility index (Phi) is 5.01. The summed E-state index contributed by atoms with van der Waals surface area (Å²) >= 11 is 1.50. The Labute approximate surface area is 176 Å². The van der Waals surface area contributed by atoms with E-state index in [1.54, 1.807) is 18.2 Å². The van der Waals surface area contributed by atoms with Gasteiger partial charge in [-0.1, -0.05) is 42.1 Å². The van der Waals surface area contributed by atoms with Crippen molar-refractivity contribution in [2.45, 2.75) is 15.3 Å². The van der Waals surface area contributed by atoms with E-state index in [2.05, 4.69) is 5.32 Å². The molecular formula is C22H16N2O5S. The van der Waals surface area contributed by atoms with E-state index in [0.717, 1.165) is 9.79 Å². The van der Waals surface area contributed by atoms with Crippen LogP contribution in [0.3, 0.4) is 0 Å². The van der Waals surface area contributed by atoms with Gasteiger partial charge in [-0.2, -0.15) is 0 Å². The zero-order chi connectivity index (χ0) is 21.3. The highest BCUT2D eigenvalue weighted by molar-refractivity contribution is 7.99. The number of non-ortho nitro benzene ring substituents is 1. The van der Waals surface area contributed by atoms with E-state index in [9.17, 15) is 19.7 Å². The van der Waals surface area contributed by atoms with Crippen LogP contribution in [0.15, 0.2) is 82.6 Å². The number of ether oxygens (including phenoxy) is 1. The zero-order valence-corrected chi connectivity index (χ0v) is 16.6. The second-order valence-electron chi connectivity index (χ2n) is 6.63. The molecule has 1 atom stereocenters. The van der Waals surface area contributed by atoms with Gasteiger partial charge in [0.15, 0.2) is 5.54 Å². The first-order valence-electron chi connectivity index (χ1n) is 8.99. The highest BCUT2D eigenvalue weighted by atomic mass is 32.2. The van der Waals surface area contributed by atoms with E-state index >= 15 is 0 Å². The fraction of sp³-hybridized carbons (Fsp3) is 0.0909. The Morgan fingerprint density at radius 2 is 1.77 bits per heavy atom. The van der Waals surface area contributed by atoms with Crippen molar-refractivity contribution in [3.05, 3.63) is 99.6 Å². The van der Waals surface area contributed by atoms with E-state index in [0.29, 0.717) is 5.56 Å². The average Bonchev–Trinajstić information content (AvgIpc) is 3.07. The van der Waals surface area contributed by atoms with Crippen LogP contribution in [0, 0.1) is 10.1 Å². The molecule has 150 valence electrons. The Bertz CT molecular complexity index is 1170. The molecule has 1 heterocycles. The lowest BCUT2D eigenvalue weighted by Gasteiger charge is -2.28. The first-order valence-corrected chi connectivity index (χ1v) is 9.80. The normalized spacial score (nSPS) is 17.2. The molecule has 0 saturated heterocycles. The number of carbonyl (C=O) groups is 2. The van der Waals surface area contributed by atoms with Gasteiger partial charge in [0.05, 0.1) is 12.0 Å². The summed E-state index contributed by atoms with van der Waals surface area (Å²) in [6.07, 6.45) is 0. The molecule has 3 aromatic carbocycles. The molecule has 3 aromatic rings. The van der Waals surface area contributed by atoms with Crippen LogP contribution >= 0.6 is 11.8 Å². The van der Waals surface area contributed by atoms with Crippen molar-refractivity contribution in [1.29, 1.82) is 0 Å². The van der Waals surface area contributed by atoms with Gasteiger partial charge < -0.3 is 10.1 Å². The third-order valence-electron chi connectivity index (χ3n) is 4.90. The first kappa shape index (κ1) is 19.7. The Morgan fingerprint density at radius 3 is 2.47 bits per heavy atom. The van der Waals surface area contributed by atoms with Gasteiger partial charge in [-0.3, -0.25) is 14.9 Å². The maximum atomic E-state index is 13.0. The first-order chi connectivity index (χ1) is 14.5. The fourth-order valence-electron chi connectivity index (χ4n) is 3.54. The molecular weight excluding hydrogens is 404 g/mol. The number of amides is 1. The standard InChI is InChI=1S/C22H16N2O5S/c1-29-21(26)22(19-13-15(24(27)28)10-11-18(19)20(25)23-22)14-6-5-9-17(12-14)30-16-7-3-2-4-8-16/h2-13H,1H3,(H,23,25). The maximum Gasteiger partial charge on any atom is 0.341 e. The highest BCUT2D eigenvalue weighted by Gasteiger charge is 2.52. The third-order valence-corrected chi connectivity index (χ3v) is 5.90. The molecule has 30 heavy (non-hydrogen) atoms. The average molecular weight is 420 g/mol. The summed E-state index contributed by atoms with van der Waals surface area (Å²) in [4.78, 5) is 38.2. The Hall–Kier alpha value is -3.65. The molecule has 1 N–H and O–H groups in total. The second-order valence-corrected chi connectivity index (χ2v) is 7.77. The molecule has 7 nitrogen and oxygen atoms in total. The molecule has 4 rings (SSSR count). The minimum Gasteiger partial charge on any atom is -0.467 e. The molecule has 1 aliphatic rings. The predicted molar refractivity (Wildman–Crippen MR) is 110 cm³/mol. The highest BCUT2D eigenvalue weighted by Crippen LogP contribution is 2.41. The summed E-state index contributed by atoms with van der Waals surface area (Å²) in [6, 6.07) is 20.7. The number of nitrogens with one attached hydrogen (secondary N) is 1. The number of esters is 1. The van der Waals surface area contributed by atoms with Crippen molar-refractivity contribution in [2.75, 3.05) is 7.11 Å². The Balaban J connectivity index is 1.87. The molecule has 0 aromatic heterocycles. The lowest BCUT2D eigenvalue weighted by atomic mass is 9.83. The maximum absolute atomic E-state index is 13.0. The largest absolute Gasteiger partial charge is 0.467 e. The van der Waals surface area contributed by atoms with Crippen molar-refractivity contribution in [1.82, 2.24) is 5.32 Å². The second kappa shape index (κ2) is 7.64. The monoisotopic (exact) mass is 420 g/mol. The van der Waals surface area contributed by atoms with Gasteiger partial charge in [0.2, 0.25) is 0 Å². The van der Waals surface area contributed by atoms with E-state index < -0.39 is 22.3 Å². The van der Waals surface area contributed by atoms with E-state index in [1.807, 2.05) is 36.4 Å². The van der Waals surface area contributed by atoms with Crippen molar-refractivity contribution in [2.24, 2.45) is 0 Å². The van der Waals surface area contributed by atoms with Crippen LogP contribution < -0.4 is 5.32 Å². The van der Waals surface area contributed by atoms with Gasteiger partial charge in [-0.15, -0.1) is 0 Å². The topological polar surface area (TPSA) is 98.5 Å². The molecule has 1 unspecified atom stereocenters. The smallest absolute Gasteiger partial charge is 0.341 e. The van der Waals surface area contributed by atoms with Gasteiger partial charge in [0.25, 0.3) is 11.6 Å². The molecule has 1 aliphatic heterocycles. The molecule has 0 bridgehead atoms. The predicted octanol–water partition coefficient (Wildman–Crippen LogP) is 3.91. The number of methoxy groups -OCH3 is 1. The Morgan fingerprint density at radius 1 is 1.03 bits per heavy atom. The summed E-state index contributed by atoms with van der Waals surface area (Å²) in [6.45, 7) is 0. The molecule has 0 radical (unpaired) electrons. The summed E-state index contributed by atoms with van der Waals surface area (Å²) in [5, 5.41) is 14.0. The van der Waals surface area contributed by atoms with Crippen LogP contribution in [-0.4, -0.2) is 23.9 Å².